The molecule has 0 radical (unpaired) electrons. The van der Waals surface area contributed by atoms with Crippen LogP contribution in [0.1, 0.15) is 17.2 Å². The Morgan fingerprint density at radius 2 is 1.28 bits per heavy atom. The van der Waals surface area contributed by atoms with E-state index in [9.17, 15) is 38.3 Å². The molecule has 2 aliphatic heterocycles. The van der Waals surface area contributed by atoms with Crippen LogP contribution in [-0.4, -0.2) is 85.1 Å². The second-order valence-electron chi connectivity index (χ2n) is 8.63. The third-order valence-electron chi connectivity index (χ3n) is 6.10. The number of amides is 2. The number of ether oxygens (including phenoxy) is 1. The van der Waals surface area contributed by atoms with Gasteiger partial charge in [0.2, 0.25) is 5.52 Å². The third-order valence-corrected chi connectivity index (χ3v) is 9.76. The summed E-state index contributed by atoms with van der Waals surface area (Å²) in [5.74, 6) is -0.914. The fraction of sp³-hybridized carbons (Fsp3) is 0.364. The number of rotatable bonds is 8. The van der Waals surface area contributed by atoms with Crippen LogP contribution < -0.4 is 5.32 Å². The molecule has 194 valence electrons. The van der Waals surface area contributed by atoms with E-state index in [1.54, 1.807) is 0 Å². The van der Waals surface area contributed by atoms with Crippen molar-refractivity contribution in [2.45, 2.75) is 23.8 Å². The quantitative estimate of drug-likeness (QED) is 0.233. The van der Waals surface area contributed by atoms with Gasteiger partial charge in [-0.05, 0) is 11.1 Å². The fourth-order valence-corrected chi connectivity index (χ4v) is 7.23. The van der Waals surface area contributed by atoms with Gasteiger partial charge in [-0.25, -0.2) is 0 Å². The van der Waals surface area contributed by atoms with Gasteiger partial charge in [0.25, 0.3) is 11.8 Å². The van der Waals surface area contributed by atoms with E-state index in [0.29, 0.717) is 0 Å². The van der Waals surface area contributed by atoms with Crippen LogP contribution in [0.2, 0.25) is 0 Å². The lowest BCUT2D eigenvalue weighted by Crippen LogP contribution is -2.53. The van der Waals surface area contributed by atoms with Crippen LogP contribution in [-0.2, 0) is 23.5 Å². The normalized spacial score (nSPS) is 21.0. The molecule has 4 rings (SSSR count). The molecule has 2 aliphatic rings. The molecule has 2 saturated heterocycles. The van der Waals surface area contributed by atoms with Crippen molar-refractivity contribution in [3.63, 3.8) is 0 Å². The molecule has 5 N–H and O–H groups in total. The summed E-state index contributed by atoms with van der Waals surface area (Å²) < 4.78 is 28.7. The van der Waals surface area contributed by atoms with Crippen molar-refractivity contribution in [2.75, 3.05) is 26.2 Å². The molecule has 14 heteroatoms. The molecule has 2 amide bonds. The van der Waals surface area contributed by atoms with Crippen LogP contribution in [0.4, 0.5) is 0 Å². The van der Waals surface area contributed by atoms with Crippen molar-refractivity contribution in [3.05, 3.63) is 71.8 Å². The van der Waals surface area contributed by atoms with Crippen LogP contribution in [0.3, 0.4) is 0 Å². The minimum absolute atomic E-state index is 0.0276. The average Bonchev–Trinajstić information content (AvgIpc) is 3.63. The van der Waals surface area contributed by atoms with Crippen LogP contribution >= 0.6 is 15.2 Å². The topological polar surface area (TPSA) is 180 Å². The van der Waals surface area contributed by atoms with Crippen LogP contribution in [0.5, 0.6) is 0 Å². The molecular weight excluding hydrogens is 512 g/mol. The number of hydrogen-bond acceptors (Lipinski definition) is 6. The molecular formula is C22H27N3O9P2. The Labute approximate surface area is 207 Å². The molecule has 0 spiro atoms. The van der Waals surface area contributed by atoms with E-state index in [1.165, 1.54) is 4.90 Å². The Morgan fingerprint density at radius 1 is 0.806 bits per heavy atom. The van der Waals surface area contributed by atoms with Crippen LogP contribution in [0.25, 0.3) is 0 Å². The van der Waals surface area contributed by atoms with Crippen molar-refractivity contribution in [2.24, 2.45) is 0 Å². The molecule has 2 aromatic rings. The van der Waals surface area contributed by atoms with Gasteiger partial charge in [-0.3, -0.25) is 23.6 Å². The monoisotopic (exact) mass is 539 g/mol. The minimum atomic E-state index is -5.12. The van der Waals surface area contributed by atoms with Gasteiger partial charge in [-0.15, -0.1) is 0 Å². The molecule has 2 heterocycles. The highest BCUT2D eigenvalue weighted by molar-refractivity contribution is 7.70. The molecule has 12 nitrogen and oxygen atoms in total. The van der Waals surface area contributed by atoms with Gasteiger partial charge in [0, 0.05) is 26.2 Å². The zero-order valence-electron chi connectivity index (χ0n) is 19.0. The van der Waals surface area contributed by atoms with Crippen molar-refractivity contribution in [1.82, 2.24) is 15.1 Å². The first kappa shape index (κ1) is 26.7. The Bertz CT molecular complexity index is 1120. The number of carbonyl (C=O) groups excluding carboxylic acids is 2. The first-order valence-corrected chi connectivity index (χ1v) is 14.5. The van der Waals surface area contributed by atoms with Crippen LogP contribution in [0, 0.1) is 0 Å². The summed E-state index contributed by atoms with van der Waals surface area (Å²) in [6, 6.07) is 18.3. The molecule has 36 heavy (non-hydrogen) atoms. The highest BCUT2D eigenvalue weighted by Crippen LogP contribution is 2.61. The SMILES string of the molecule is O=C(NC(c1ccccc1)c1ccccc1)[C@H]1O[C@@H]1C(=O)N1CCN(C(P(=O)(O)O)P(=O)(O)O)CC1. The maximum atomic E-state index is 12.9. The lowest BCUT2D eigenvalue weighted by Gasteiger charge is -2.38. The molecule has 0 aliphatic carbocycles. The summed E-state index contributed by atoms with van der Waals surface area (Å²) >= 11 is 0. The van der Waals surface area contributed by atoms with E-state index in [-0.39, 0.29) is 26.2 Å². The number of benzene rings is 2. The van der Waals surface area contributed by atoms with Gasteiger partial charge in [-0.1, -0.05) is 60.7 Å². The summed E-state index contributed by atoms with van der Waals surface area (Å²) in [5.41, 5.74) is -0.534. The van der Waals surface area contributed by atoms with Gasteiger partial charge >= 0.3 is 15.2 Å². The van der Waals surface area contributed by atoms with Gasteiger partial charge in [-0.2, -0.15) is 0 Å². The predicted octanol–water partition coefficient (Wildman–Crippen LogP) is 0.443. The molecule has 0 unspecified atom stereocenters. The third kappa shape index (κ3) is 6.11. The van der Waals surface area contributed by atoms with E-state index < -0.39 is 50.8 Å². The smallest absolute Gasteiger partial charge is 0.349 e. The molecule has 2 atom stereocenters. The van der Waals surface area contributed by atoms with Gasteiger partial charge in [0.15, 0.2) is 12.2 Å². The Balaban J connectivity index is 1.37. The number of piperazine rings is 1. The second kappa shape index (κ2) is 10.5. The number of nitrogens with zero attached hydrogens (tertiary/aromatic N) is 2. The van der Waals surface area contributed by atoms with E-state index in [4.69, 9.17) is 4.74 Å². The summed E-state index contributed by atoms with van der Waals surface area (Å²) in [6.07, 6.45) is -1.98. The fourth-order valence-electron chi connectivity index (χ4n) is 4.35. The second-order valence-corrected chi connectivity index (χ2v) is 12.4. The molecule has 0 bridgehead atoms. The lowest BCUT2D eigenvalue weighted by atomic mass is 9.98. The molecule has 0 saturated carbocycles. The van der Waals surface area contributed by atoms with Gasteiger partial charge in [0.1, 0.15) is 0 Å². The maximum absolute atomic E-state index is 12.9. The zero-order valence-corrected chi connectivity index (χ0v) is 20.8. The summed E-state index contributed by atoms with van der Waals surface area (Å²) in [4.78, 5) is 65.8. The number of epoxide rings is 1. The molecule has 0 aromatic heterocycles. The number of hydrogen-bond donors (Lipinski definition) is 5. The highest BCUT2D eigenvalue weighted by Gasteiger charge is 2.53. The zero-order chi connectivity index (χ0) is 26.1. The van der Waals surface area contributed by atoms with Gasteiger partial charge in [0.05, 0.1) is 6.04 Å². The summed E-state index contributed by atoms with van der Waals surface area (Å²) in [6.45, 7) is -0.360. The average molecular weight is 539 g/mol. The Kier molecular flexibility index (Phi) is 7.80. The van der Waals surface area contributed by atoms with E-state index in [2.05, 4.69) is 5.32 Å². The lowest BCUT2D eigenvalue weighted by molar-refractivity contribution is -0.134. The van der Waals surface area contributed by atoms with Crippen molar-refractivity contribution >= 4 is 27.0 Å². The molecule has 2 fully saturated rings. The van der Waals surface area contributed by atoms with Crippen LogP contribution in [0.15, 0.2) is 60.7 Å². The number of nitrogens with one attached hydrogen (secondary N) is 1. The Hall–Kier alpha value is -2.40. The summed E-state index contributed by atoms with van der Waals surface area (Å²) in [7, 11) is -10.2. The van der Waals surface area contributed by atoms with Crippen molar-refractivity contribution in [3.8, 4) is 0 Å². The van der Waals surface area contributed by atoms with E-state index in [1.807, 2.05) is 60.7 Å². The first-order chi connectivity index (χ1) is 17.0. The first-order valence-electron chi connectivity index (χ1n) is 11.2. The highest BCUT2D eigenvalue weighted by atomic mass is 31.2. The number of carbonyl (C=O) groups is 2. The Morgan fingerprint density at radius 3 is 1.72 bits per heavy atom. The van der Waals surface area contributed by atoms with Gasteiger partial charge < -0.3 is 34.5 Å². The summed E-state index contributed by atoms with van der Waals surface area (Å²) in [5, 5.41) is 2.94. The van der Waals surface area contributed by atoms with Crippen molar-refractivity contribution < 1.29 is 43.0 Å². The molecule has 2 aromatic carbocycles. The van der Waals surface area contributed by atoms with E-state index in [0.717, 1.165) is 16.0 Å². The standard InChI is InChI=1S/C22H27N3O9P2/c26-20(23-17(15-7-3-1-4-8-15)16-9-5-2-6-10-16)18-19(34-18)21(27)24-11-13-25(14-12-24)22(35(28,29)30)36(31,32)33/h1-10,17-19,22H,11-14H2,(H,23,26)(H2,28,29,30)(H2,31,32,33)/t18-,19-/m0/s1. The largest absolute Gasteiger partial charge is 0.354 e. The predicted molar refractivity (Wildman–Crippen MR) is 128 cm³/mol. The maximum Gasteiger partial charge on any atom is 0.354 e. The minimum Gasteiger partial charge on any atom is -0.349 e. The van der Waals surface area contributed by atoms with E-state index >= 15 is 0 Å². The van der Waals surface area contributed by atoms with Crippen molar-refractivity contribution in [1.29, 1.82) is 0 Å².